The zero-order valence-corrected chi connectivity index (χ0v) is 15.3. The van der Waals surface area contributed by atoms with Gasteiger partial charge in [-0.25, -0.2) is 0 Å². The number of nitrogens with zero attached hydrogens (tertiary/aromatic N) is 6. The van der Waals surface area contributed by atoms with Crippen LogP contribution in [0.15, 0.2) is 66.7 Å². The molecule has 2 aromatic heterocycles. The number of hydrogen-bond donors (Lipinski definition) is 1. The van der Waals surface area contributed by atoms with E-state index in [4.69, 9.17) is 4.74 Å². The molecule has 0 spiro atoms. The maximum atomic E-state index is 12.5. The van der Waals surface area contributed by atoms with E-state index in [0.717, 1.165) is 17.2 Å². The van der Waals surface area contributed by atoms with Crippen LogP contribution in [0, 0.1) is 0 Å². The minimum absolute atomic E-state index is 0.0517. The summed E-state index contributed by atoms with van der Waals surface area (Å²) in [5.74, 6) is 2.17. The molecule has 0 bridgehead atoms. The number of amides is 1. The van der Waals surface area contributed by atoms with E-state index >= 15 is 0 Å². The molecule has 1 saturated heterocycles. The quantitative estimate of drug-likeness (QED) is 0.562. The second kappa shape index (κ2) is 7.19. The standard InChI is InChI=1S/C20H17N7O2/c28-20-12-14(21-18-10-11-19-22-24-25-27(19)23-18)13-26(20)15-6-8-17(9-7-15)29-16-4-2-1-3-5-16/h1-11,14H,12-13H2,(H,21,23). The number of benzene rings is 2. The van der Waals surface area contributed by atoms with E-state index in [1.807, 2.05) is 54.6 Å². The number of tetrazole rings is 1. The van der Waals surface area contributed by atoms with Gasteiger partial charge in [0.1, 0.15) is 17.3 Å². The summed E-state index contributed by atoms with van der Waals surface area (Å²) < 4.78 is 7.16. The molecule has 0 saturated carbocycles. The molecule has 3 heterocycles. The second-order valence-corrected chi connectivity index (χ2v) is 6.70. The van der Waals surface area contributed by atoms with Gasteiger partial charge in [0, 0.05) is 18.7 Å². The van der Waals surface area contributed by atoms with Crippen molar-refractivity contribution in [1.29, 1.82) is 0 Å². The number of ether oxygens (including phenoxy) is 1. The molecule has 1 atom stereocenters. The molecule has 144 valence electrons. The van der Waals surface area contributed by atoms with Crippen LogP contribution in [0.25, 0.3) is 5.65 Å². The summed E-state index contributed by atoms with van der Waals surface area (Å²) in [4.78, 5) is 14.3. The van der Waals surface area contributed by atoms with E-state index in [1.165, 1.54) is 4.63 Å². The van der Waals surface area contributed by atoms with Crippen LogP contribution in [0.2, 0.25) is 0 Å². The molecule has 9 heteroatoms. The fourth-order valence-electron chi connectivity index (χ4n) is 3.31. The minimum atomic E-state index is -0.0517. The summed E-state index contributed by atoms with van der Waals surface area (Å²) in [6.07, 6.45) is 0.386. The van der Waals surface area contributed by atoms with Crippen LogP contribution in [0.3, 0.4) is 0 Å². The average molecular weight is 387 g/mol. The Bertz CT molecular complexity index is 1140. The summed E-state index contributed by atoms with van der Waals surface area (Å²) in [7, 11) is 0. The van der Waals surface area contributed by atoms with E-state index in [1.54, 1.807) is 17.0 Å². The lowest BCUT2D eigenvalue weighted by molar-refractivity contribution is -0.117. The van der Waals surface area contributed by atoms with E-state index in [-0.39, 0.29) is 11.9 Å². The van der Waals surface area contributed by atoms with Crippen molar-refractivity contribution in [1.82, 2.24) is 25.3 Å². The van der Waals surface area contributed by atoms with Gasteiger partial charge in [-0.15, -0.1) is 14.8 Å². The van der Waals surface area contributed by atoms with Gasteiger partial charge in [0.25, 0.3) is 0 Å². The van der Waals surface area contributed by atoms with Gasteiger partial charge in [-0.05, 0) is 59.0 Å². The van der Waals surface area contributed by atoms with Crippen molar-refractivity contribution >= 4 is 23.1 Å². The highest BCUT2D eigenvalue weighted by Gasteiger charge is 2.30. The molecule has 1 aliphatic heterocycles. The second-order valence-electron chi connectivity index (χ2n) is 6.70. The summed E-state index contributed by atoms with van der Waals surface area (Å²) in [5.41, 5.74) is 1.40. The molecule has 29 heavy (non-hydrogen) atoms. The third-order valence-electron chi connectivity index (χ3n) is 4.67. The van der Waals surface area contributed by atoms with Gasteiger partial charge in [0.15, 0.2) is 5.65 Å². The van der Waals surface area contributed by atoms with Crippen molar-refractivity contribution in [2.24, 2.45) is 0 Å². The van der Waals surface area contributed by atoms with Gasteiger partial charge in [-0.1, -0.05) is 18.2 Å². The highest BCUT2D eigenvalue weighted by atomic mass is 16.5. The topological polar surface area (TPSA) is 97.5 Å². The van der Waals surface area contributed by atoms with Crippen molar-refractivity contribution in [2.75, 3.05) is 16.8 Å². The Kier molecular flexibility index (Phi) is 4.24. The Morgan fingerprint density at radius 1 is 0.966 bits per heavy atom. The zero-order valence-electron chi connectivity index (χ0n) is 15.3. The molecule has 1 unspecified atom stereocenters. The first-order valence-electron chi connectivity index (χ1n) is 9.20. The number of anilines is 2. The van der Waals surface area contributed by atoms with Gasteiger partial charge in [-0.2, -0.15) is 0 Å². The normalized spacial score (nSPS) is 16.3. The Hall–Kier alpha value is -4.01. The van der Waals surface area contributed by atoms with Crippen LogP contribution in [0.4, 0.5) is 11.5 Å². The third kappa shape index (κ3) is 3.57. The molecule has 9 nitrogen and oxygen atoms in total. The summed E-state index contributed by atoms with van der Waals surface area (Å²) in [6, 6.07) is 20.6. The van der Waals surface area contributed by atoms with Crippen LogP contribution < -0.4 is 15.0 Å². The molecule has 5 rings (SSSR count). The lowest BCUT2D eigenvalue weighted by atomic mass is 10.2. The highest BCUT2D eigenvalue weighted by Crippen LogP contribution is 2.27. The van der Waals surface area contributed by atoms with Crippen LogP contribution >= 0.6 is 0 Å². The van der Waals surface area contributed by atoms with Crippen molar-refractivity contribution in [3.8, 4) is 11.5 Å². The van der Waals surface area contributed by atoms with E-state index < -0.39 is 0 Å². The number of nitrogens with one attached hydrogen (secondary N) is 1. The summed E-state index contributed by atoms with van der Waals surface area (Å²) in [5, 5.41) is 18.8. The fourth-order valence-corrected chi connectivity index (χ4v) is 3.31. The van der Waals surface area contributed by atoms with Crippen molar-refractivity contribution in [3.63, 3.8) is 0 Å². The maximum absolute atomic E-state index is 12.5. The molecule has 1 amide bonds. The fraction of sp³-hybridized carbons (Fsp3) is 0.150. The maximum Gasteiger partial charge on any atom is 0.229 e. The monoisotopic (exact) mass is 387 g/mol. The molecule has 1 fully saturated rings. The van der Waals surface area contributed by atoms with Crippen LogP contribution in [-0.4, -0.2) is 43.7 Å². The van der Waals surface area contributed by atoms with Gasteiger partial charge in [0.2, 0.25) is 5.91 Å². The van der Waals surface area contributed by atoms with Crippen molar-refractivity contribution in [3.05, 3.63) is 66.7 Å². The molecule has 1 N–H and O–H groups in total. The van der Waals surface area contributed by atoms with E-state index in [9.17, 15) is 4.79 Å². The number of hydrogen-bond acceptors (Lipinski definition) is 7. The predicted octanol–water partition coefficient (Wildman–Crippen LogP) is 2.53. The average Bonchev–Trinajstić information content (AvgIpc) is 3.35. The van der Waals surface area contributed by atoms with Crippen molar-refractivity contribution < 1.29 is 9.53 Å². The molecular weight excluding hydrogens is 370 g/mol. The lowest BCUT2D eigenvalue weighted by Crippen LogP contribution is -2.28. The van der Waals surface area contributed by atoms with Gasteiger partial charge in [0.05, 0.1) is 6.04 Å². The van der Waals surface area contributed by atoms with Gasteiger partial charge < -0.3 is 15.0 Å². The number of carbonyl (C=O) groups is 1. The number of rotatable bonds is 5. The SMILES string of the molecule is O=C1CC(Nc2ccc3nnnn3n2)CN1c1ccc(Oc2ccccc2)cc1. The Morgan fingerprint density at radius 3 is 2.59 bits per heavy atom. The predicted molar refractivity (Wildman–Crippen MR) is 106 cm³/mol. The first kappa shape index (κ1) is 17.1. The zero-order chi connectivity index (χ0) is 19.6. The Morgan fingerprint density at radius 2 is 1.76 bits per heavy atom. The first-order chi connectivity index (χ1) is 14.2. The molecule has 2 aromatic carbocycles. The van der Waals surface area contributed by atoms with E-state index in [2.05, 4.69) is 25.9 Å². The van der Waals surface area contributed by atoms with Gasteiger partial charge in [-0.3, -0.25) is 4.79 Å². The minimum Gasteiger partial charge on any atom is -0.457 e. The van der Waals surface area contributed by atoms with Crippen LogP contribution in [-0.2, 0) is 4.79 Å². The Balaban J connectivity index is 1.26. The summed E-state index contributed by atoms with van der Waals surface area (Å²) >= 11 is 0. The molecular formula is C20H17N7O2. The molecule has 4 aromatic rings. The third-order valence-corrected chi connectivity index (χ3v) is 4.67. The number of para-hydroxylation sites is 1. The number of carbonyl (C=O) groups excluding carboxylic acids is 1. The lowest BCUT2D eigenvalue weighted by Gasteiger charge is -2.18. The Labute approximate surface area is 165 Å². The first-order valence-corrected chi connectivity index (χ1v) is 9.20. The largest absolute Gasteiger partial charge is 0.457 e. The smallest absolute Gasteiger partial charge is 0.229 e. The van der Waals surface area contributed by atoms with Crippen LogP contribution in [0.5, 0.6) is 11.5 Å². The van der Waals surface area contributed by atoms with Crippen molar-refractivity contribution in [2.45, 2.75) is 12.5 Å². The molecule has 0 radical (unpaired) electrons. The molecule has 1 aliphatic rings. The number of fused-ring (bicyclic) bond motifs is 1. The van der Waals surface area contributed by atoms with E-state index in [0.29, 0.717) is 24.4 Å². The van der Waals surface area contributed by atoms with Gasteiger partial charge >= 0.3 is 0 Å². The van der Waals surface area contributed by atoms with Crippen LogP contribution in [0.1, 0.15) is 6.42 Å². The summed E-state index contributed by atoms with van der Waals surface area (Å²) in [6.45, 7) is 0.549. The number of aromatic nitrogens is 5. The highest BCUT2D eigenvalue weighted by molar-refractivity contribution is 5.96. The molecule has 0 aliphatic carbocycles.